The number of nitrogens with zero attached hydrogens (tertiary/aromatic N) is 1. The molecule has 8 heteroatoms. The van der Waals surface area contributed by atoms with Crippen LogP contribution < -0.4 is 10.6 Å². The van der Waals surface area contributed by atoms with Gasteiger partial charge in [-0.2, -0.15) is 0 Å². The Labute approximate surface area is 204 Å². The van der Waals surface area contributed by atoms with E-state index in [1.165, 1.54) is 17.0 Å². The molecule has 1 aromatic rings. The summed E-state index contributed by atoms with van der Waals surface area (Å²) in [4.78, 5) is 41.2. The molecule has 3 amide bonds. The van der Waals surface area contributed by atoms with Crippen molar-refractivity contribution in [3.63, 3.8) is 0 Å². The maximum atomic E-state index is 13.8. The van der Waals surface area contributed by atoms with Crippen LogP contribution in [0.25, 0.3) is 0 Å². The molecule has 1 aromatic carbocycles. The van der Waals surface area contributed by atoms with E-state index in [1.807, 2.05) is 27.7 Å². The molecule has 3 N–H and O–H groups in total. The van der Waals surface area contributed by atoms with Gasteiger partial charge in [-0.05, 0) is 57.2 Å². The van der Waals surface area contributed by atoms with Gasteiger partial charge in [-0.1, -0.05) is 52.7 Å². The molecule has 192 valence electrons. The normalized spacial score (nSPS) is 13.2. The Bertz CT molecular complexity index is 804. The molecule has 0 aliphatic carbocycles. The monoisotopic (exact) mass is 477 g/mol. The van der Waals surface area contributed by atoms with Gasteiger partial charge in [-0.15, -0.1) is 0 Å². The van der Waals surface area contributed by atoms with Gasteiger partial charge in [0.15, 0.2) is 0 Å². The topological polar surface area (TPSA) is 108 Å². The second-order valence-corrected chi connectivity index (χ2v) is 9.90. The summed E-state index contributed by atoms with van der Waals surface area (Å²) in [5.41, 5.74) is -0.196. The first-order valence-corrected chi connectivity index (χ1v) is 12.3. The number of carbonyl (C=O) groups excluding carboxylic acids is 3. The average molecular weight is 478 g/mol. The number of amides is 3. The lowest BCUT2D eigenvalue weighted by Gasteiger charge is -2.35. The Morgan fingerprint density at radius 1 is 1.09 bits per heavy atom. The van der Waals surface area contributed by atoms with Gasteiger partial charge >= 0.3 is 6.09 Å². The van der Waals surface area contributed by atoms with Crippen LogP contribution in [0.2, 0.25) is 0 Å². The second kappa shape index (κ2) is 13.8. The molecule has 0 saturated carbocycles. The Balaban J connectivity index is 3.38. The largest absolute Gasteiger partial charge is 0.508 e. The van der Waals surface area contributed by atoms with E-state index in [9.17, 15) is 19.5 Å². The highest BCUT2D eigenvalue weighted by atomic mass is 16.6. The van der Waals surface area contributed by atoms with Crippen LogP contribution in [-0.4, -0.2) is 52.6 Å². The number of carbonyl (C=O) groups is 3. The van der Waals surface area contributed by atoms with Gasteiger partial charge in [0.25, 0.3) is 0 Å². The molecule has 0 aliphatic heterocycles. The summed E-state index contributed by atoms with van der Waals surface area (Å²) >= 11 is 0. The minimum absolute atomic E-state index is 0.0130. The number of alkyl carbamates (subject to hydrolysis) is 1. The number of ether oxygens (including phenoxy) is 1. The zero-order chi connectivity index (χ0) is 25.9. The maximum Gasteiger partial charge on any atom is 0.408 e. The number of nitrogens with one attached hydrogen (secondary N) is 2. The molecule has 2 unspecified atom stereocenters. The standard InChI is InChI=1S/C26H43N3O5/c1-8-10-15-27-23(31)22(19-13-12-14-20(30)17-19)29(16-11-9-2)24(32)21(18(3)4)28-25(33)34-26(5,6)7/h12-14,17-18,21-22,30H,8-11,15-16H2,1-7H3,(H,27,31)(H,28,33). The number of unbranched alkanes of at least 4 members (excludes halogenated alkanes) is 2. The summed E-state index contributed by atoms with van der Waals surface area (Å²) in [5, 5.41) is 15.7. The quantitative estimate of drug-likeness (QED) is 0.383. The van der Waals surface area contributed by atoms with Gasteiger partial charge in [0.2, 0.25) is 11.8 Å². The van der Waals surface area contributed by atoms with Crippen LogP contribution >= 0.6 is 0 Å². The van der Waals surface area contributed by atoms with Crippen molar-refractivity contribution in [3.05, 3.63) is 29.8 Å². The van der Waals surface area contributed by atoms with Gasteiger partial charge in [-0.25, -0.2) is 4.79 Å². The molecule has 0 spiro atoms. The van der Waals surface area contributed by atoms with Crippen LogP contribution in [0.4, 0.5) is 4.79 Å². The molecule has 0 bridgehead atoms. The predicted molar refractivity (Wildman–Crippen MR) is 133 cm³/mol. The Morgan fingerprint density at radius 3 is 2.26 bits per heavy atom. The summed E-state index contributed by atoms with van der Waals surface area (Å²) in [6.07, 6.45) is 2.55. The first-order valence-electron chi connectivity index (χ1n) is 12.3. The molecule has 0 aliphatic rings. The maximum absolute atomic E-state index is 13.8. The van der Waals surface area contributed by atoms with E-state index in [1.54, 1.807) is 32.9 Å². The molecule has 2 atom stereocenters. The minimum atomic E-state index is -0.940. The Morgan fingerprint density at radius 2 is 1.74 bits per heavy atom. The molecule has 8 nitrogen and oxygen atoms in total. The lowest BCUT2D eigenvalue weighted by atomic mass is 9.98. The highest BCUT2D eigenvalue weighted by molar-refractivity contribution is 5.92. The van der Waals surface area contributed by atoms with E-state index >= 15 is 0 Å². The molecule has 0 radical (unpaired) electrons. The van der Waals surface area contributed by atoms with E-state index in [4.69, 9.17) is 4.74 Å². The molecule has 34 heavy (non-hydrogen) atoms. The summed E-state index contributed by atoms with van der Waals surface area (Å²) < 4.78 is 5.37. The predicted octanol–water partition coefficient (Wildman–Crippen LogP) is 4.53. The van der Waals surface area contributed by atoms with Gasteiger partial charge in [-0.3, -0.25) is 9.59 Å². The number of benzene rings is 1. The third-order valence-electron chi connectivity index (χ3n) is 5.22. The van der Waals surface area contributed by atoms with Crippen molar-refractivity contribution < 1.29 is 24.2 Å². The van der Waals surface area contributed by atoms with Gasteiger partial charge < -0.3 is 25.4 Å². The number of hydrogen-bond donors (Lipinski definition) is 3. The Kier molecular flexibility index (Phi) is 11.9. The van der Waals surface area contributed by atoms with E-state index in [2.05, 4.69) is 10.6 Å². The van der Waals surface area contributed by atoms with Crippen molar-refractivity contribution in [3.8, 4) is 5.75 Å². The fourth-order valence-corrected chi connectivity index (χ4v) is 3.47. The van der Waals surface area contributed by atoms with Crippen LogP contribution in [-0.2, 0) is 14.3 Å². The number of aromatic hydroxyl groups is 1. The first kappa shape index (κ1) is 29.3. The fraction of sp³-hybridized carbons (Fsp3) is 0.654. The van der Waals surface area contributed by atoms with Crippen molar-refractivity contribution in [2.45, 2.75) is 91.8 Å². The summed E-state index contributed by atoms with van der Waals surface area (Å²) in [7, 11) is 0. The third-order valence-corrected chi connectivity index (χ3v) is 5.22. The zero-order valence-electron chi connectivity index (χ0n) is 21.8. The zero-order valence-corrected chi connectivity index (χ0v) is 21.8. The smallest absolute Gasteiger partial charge is 0.408 e. The highest BCUT2D eigenvalue weighted by Crippen LogP contribution is 2.27. The molecule has 0 saturated heterocycles. The van der Waals surface area contributed by atoms with E-state index in [-0.39, 0.29) is 23.5 Å². The molecular formula is C26H43N3O5. The fourth-order valence-electron chi connectivity index (χ4n) is 3.47. The first-order chi connectivity index (χ1) is 15.9. The van der Waals surface area contributed by atoms with Crippen molar-refractivity contribution in [2.75, 3.05) is 13.1 Å². The van der Waals surface area contributed by atoms with Crippen LogP contribution in [0.5, 0.6) is 5.75 Å². The summed E-state index contributed by atoms with van der Waals surface area (Å²) in [5.74, 6) is -0.910. The van der Waals surface area contributed by atoms with Crippen LogP contribution in [0.15, 0.2) is 24.3 Å². The third kappa shape index (κ3) is 9.61. The molecular weight excluding hydrogens is 434 g/mol. The molecule has 0 aromatic heterocycles. The molecule has 1 rings (SSSR count). The minimum Gasteiger partial charge on any atom is -0.508 e. The lowest BCUT2D eigenvalue weighted by molar-refractivity contribution is -0.143. The van der Waals surface area contributed by atoms with Crippen molar-refractivity contribution >= 4 is 17.9 Å². The summed E-state index contributed by atoms with van der Waals surface area (Å²) in [6.45, 7) is 13.8. The van der Waals surface area contributed by atoms with Crippen LogP contribution in [0.3, 0.4) is 0 Å². The number of phenols is 1. The van der Waals surface area contributed by atoms with E-state index in [0.29, 0.717) is 25.1 Å². The number of rotatable bonds is 12. The molecule has 0 heterocycles. The summed E-state index contributed by atoms with van der Waals surface area (Å²) in [6, 6.07) is 4.58. The lowest BCUT2D eigenvalue weighted by Crippen LogP contribution is -2.55. The second-order valence-electron chi connectivity index (χ2n) is 9.90. The van der Waals surface area contributed by atoms with Crippen molar-refractivity contribution in [1.29, 1.82) is 0 Å². The van der Waals surface area contributed by atoms with Gasteiger partial charge in [0.1, 0.15) is 23.4 Å². The van der Waals surface area contributed by atoms with Gasteiger partial charge in [0.05, 0.1) is 0 Å². The van der Waals surface area contributed by atoms with Crippen LogP contribution in [0, 0.1) is 5.92 Å². The SMILES string of the molecule is CCCCNC(=O)C(c1cccc(O)c1)N(CCCC)C(=O)C(NC(=O)OC(C)(C)C)C(C)C. The van der Waals surface area contributed by atoms with Crippen molar-refractivity contribution in [2.24, 2.45) is 5.92 Å². The highest BCUT2D eigenvalue weighted by Gasteiger charge is 2.37. The van der Waals surface area contributed by atoms with Gasteiger partial charge in [0, 0.05) is 13.1 Å². The number of hydrogen-bond acceptors (Lipinski definition) is 5. The molecule has 0 fully saturated rings. The average Bonchev–Trinajstić information content (AvgIpc) is 2.73. The van der Waals surface area contributed by atoms with Crippen molar-refractivity contribution in [1.82, 2.24) is 15.5 Å². The number of phenolic OH excluding ortho intramolecular Hbond substituents is 1. The Hall–Kier alpha value is -2.77. The van der Waals surface area contributed by atoms with E-state index < -0.39 is 23.8 Å². The van der Waals surface area contributed by atoms with Crippen LogP contribution in [0.1, 0.15) is 85.8 Å². The van der Waals surface area contributed by atoms with E-state index in [0.717, 1.165) is 19.3 Å².